The first kappa shape index (κ1) is 13.3. The monoisotopic (exact) mass is 309 g/mol. The van der Waals surface area contributed by atoms with Crippen LogP contribution in [-0.4, -0.2) is 10.1 Å². The second kappa shape index (κ2) is 5.24. The largest absolute Gasteiger partial charge is 0.438 e. The molecule has 1 N–H and O–H groups in total. The van der Waals surface area contributed by atoms with Gasteiger partial charge in [0.05, 0.1) is 5.69 Å². The van der Waals surface area contributed by atoms with E-state index in [0.29, 0.717) is 11.7 Å². The maximum Gasteiger partial charge on any atom is 0.226 e. The van der Waals surface area contributed by atoms with Crippen molar-refractivity contribution in [3.63, 3.8) is 0 Å². The predicted molar refractivity (Wildman–Crippen MR) is 74.4 cm³/mol. The van der Waals surface area contributed by atoms with E-state index >= 15 is 0 Å². The highest BCUT2D eigenvalue weighted by molar-refractivity contribution is 9.10. The van der Waals surface area contributed by atoms with Gasteiger partial charge in [0.2, 0.25) is 5.89 Å². The fraction of sp³-hybridized carbons (Fsp3) is 0.357. The molecule has 0 amide bonds. The van der Waals surface area contributed by atoms with Crippen LogP contribution in [0.25, 0.3) is 11.5 Å². The number of benzene rings is 1. The van der Waals surface area contributed by atoms with Crippen molar-refractivity contribution < 1.29 is 9.52 Å². The molecule has 4 heteroatoms. The van der Waals surface area contributed by atoms with Crippen molar-refractivity contribution in [1.82, 2.24) is 4.98 Å². The first-order valence-electron chi connectivity index (χ1n) is 5.93. The van der Waals surface area contributed by atoms with Gasteiger partial charge in [0.1, 0.15) is 6.10 Å². The molecule has 1 aromatic heterocycles. The molecule has 3 nitrogen and oxygen atoms in total. The van der Waals surface area contributed by atoms with Gasteiger partial charge in [-0.15, -0.1) is 0 Å². The molecule has 1 unspecified atom stereocenters. The average Bonchev–Trinajstić information content (AvgIpc) is 2.73. The lowest BCUT2D eigenvalue weighted by Gasteiger charge is -2.04. The standard InChI is InChI=1S/C14H16BrNO2/c1-8(2)12-13(9(3)17)18-14(16-12)10-5-4-6-11(15)7-10/h4-9,17H,1-3H3. The van der Waals surface area contributed by atoms with Crippen molar-refractivity contribution in [3.8, 4) is 11.5 Å². The fourth-order valence-electron chi connectivity index (χ4n) is 1.80. The summed E-state index contributed by atoms with van der Waals surface area (Å²) in [6.07, 6.45) is -0.643. The summed E-state index contributed by atoms with van der Waals surface area (Å²) in [7, 11) is 0. The van der Waals surface area contributed by atoms with Gasteiger partial charge < -0.3 is 9.52 Å². The van der Waals surface area contributed by atoms with E-state index in [1.54, 1.807) is 6.92 Å². The van der Waals surface area contributed by atoms with Gasteiger partial charge in [0.25, 0.3) is 0 Å². The lowest BCUT2D eigenvalue weighted by Crippen LogP contribution is -1.97. The van der Waals surface area contributed by atoms with Crippen LogP contribution < -0.4 is 0 Å². The van der Waals surface area contributed by atoms with Gasteiger partial charge >= 0.3 is 0 Å². The Morgan fingerprint density at radius 2 is 2.00 bits per heavy atom. The number of aliphatic hydroxyl groups excluding tert-OH is 1. The van der Waals surface area contributed by atoms with Crippen molar-refractivity contribution in [3.05, 3.63) is 40.2 Å². The second-order valence-electron chi connectivity index (χ2n) is 4.61. The number of hydrogen-bond donors (Lipinski definition) is 1. The molecule has 0 bridgehead atoms. The molecule has 1 atom stereocenters. The second-order valence-corrected chi connectivity index (χ2v) is 5.53. The zero-order valence-corrected chi connectivity index (χ0v) is 12.2. The molecule has 0 radical (unpaired) electrons. The summed E-state index contributed by atoms with van der Waals surface area (Å²) in [5, 5.41) is 9.73. The van der Waals surface area contributed by atoms with Crippen LogP contribution in [0.3, 0.4) is 0 Å². The van der Waals surface area contributed by atoms with Crippen LogP contribution in [0.2, 0.25) is 0 Å². The minimum atomic E-state index is -0.643. The molecule has 1 heterocycles. The smallest absolute Gasteiger partial charge is 0.226 e. The Labute approximate surface area is 115 Å². The zero-order chi connectivity index (χ0) is 13.3. The number of aromatic nitrogens is 1. The van der Waals surface area contributed by atoms with Crippen molar-refractivity contribution in [2.24, 2.45) is 0 Å². The van der Waals surface area contributed by atoms with E-state index in [-0.39, 0.29) is 5.92 Å². The molecule has 0 saturated carbocycles. The van der Waals surface area contributed by atoms with E-state index < -0.39 is 6.10 Å². The maximum absolute atomic E-state index is 9.73. The number of oxazole rings is 1. The summed E-state index contributed by atoms with van der Waals surface area (Å²) in [4.78, 5) is 4.49. The van der Waals surface area contributed by atoms with Crippen molar-refractivity contribution >= 4 is 15.9 Å². The molecule has 1 aromatic carbocycles. The molecule has 0 spiro atoms. The van der Waals surface area contributed by atoms with E-state index in [0.717, 1.165) is 15.7 Å². The SMILES string of the molecule is CC(C)c1nc(-c2cccc(Br)c2)oc1C(C)O. The van der Waals surface area contributed by atoms with Gasteiger partial charge in [-0.25, -0.2) is 4.98 Å². The quantitative estimate of drug-likeness (QED) is 0.920. The Morgan fingerprint density at radius 1 is 1.28 bits per heavy atom. The summed E-state index contributed by atoms with van der Waals surface area (Å²) in [5.74, 6) is 1.33. The van der Waals surface area contributed by atoms with Gasteiger partial charge in [-0.2, -0.15) is 0 Å². The lowest BCUT2D eigenvalue weighted by molar-refractivity contribution is 0.168. The number of hydrogen-bond acceptors (Lipinski definition) is 3. The van der Waals surface area contributed by atoms with Crippen molar-refractivity contribution in [2.75, 3.05) is 0 Å². The zero-order valence-electron chi connectivity index (χ0n) is 10.6. The molecule has 2 rings (SSSR count). The Balaban J connectivity index is 2.50. The Hall–Kier alpha value is -1.13. The highest BCUT2D eigenvalue weighted by Crippen LogP contribution is 2.31. The summed E-state index contributed by atoms with van der Waals surface area (Å²) in [6, 6.07) is 7.76. The van der Waals surface area contributed by atoms with Crippen molar-refractivity contribution in [2.45, 2.75) is 32.8 Å². The Kier molecular flexibility index (Phi) is 3.88. The predicted octanol–water partition coefficient (Wildman–Crippen LogP) is 4.28. The van der Waals surface area contributed by atoms with Crippen LogP contribution in [0.1, 0.15) is 44.2 Å². The van der Waals surface area contributed by atoms with Crippen molar-refractivity contribution in [1.29, 1.82) is 0 Å². The Bertz CT molecular complexity index is 521. The molecule has 0 saturated heterocycles. The third-order valence-electron chi connectivity index (χ3n) is 2.68. The first-order valence-corrected chi connectivity index (χ1v) is 6.73. The van der Waals surface area contributed by atoms with Crippen LogP contribution in [0.4, 0.5) is 0 Å². The van der Waals surface area contributed by atoms with E-state index in [1.165, 1.54) is 0 Å². The number of halogens is 1. The summed E-state index contributed by atoms with van der Waals surface area (Å²) < 4.78 is 6.67. The van der Waals surface area contributed by atoms with Crippen LogP contribution in [0.5, 0.6) is 0 Å². The van der Waals surface area contributed by atoms with Crippen LogP contribution in [-0.2, 0) is 0 Å². The van der Waals surface area contributed by atoms with Crippen LogP contribution >= 0.6 is 15.9 Å². The highest BCUT2D eigenvalue weighted by Gasteiger charge is 2.20. The maximum atomic E-state index is 9.73. The molecular formula is C14H16BrNO2. The molecule has 0 aliphatic carbocycles. The molecule has 18 heavy (non-hydrogen) atoms. The third kappa shape index (κ3) is 2.65. The number of aliphatic hydroxyl groups is 1. The van der Waals surface area contributed by atoms with Crippen LogP contribution in [0.15, 0.2) is 33.2 Å². The molecule has 0 fully saturated rings. The summed E-state index contributed by atoms with van der Waals surface area (Å²) in [5.41, 5.74) is 1.72. The average molecular weight is 310 g/mol. The fourth-order valence-corrected chi connectivity index (χ4v) is 2.20. The topological polar surface area (TPSA) is 46.3 Å². The number of rotatable bonds is 3. The van der Waals surface area contributed by atoms with Gasteiger partial charge in [-0.05, 0) is 31.0 Å². The van der Waals surface area contributed by atoms with Gasteiger partial charge in [0, 0.05) is 10.0 Å². The lowest BCUT2D eigenvalue weighted by atomic mass is 10.1. The third-order valence-corrected chi connectivity index (χ3v) is 3.17. The van der Waals surface area contributed by atoms with Gasteiger partial charge in [-0.1, -0.05) is 35.8 Å². The van der Waals surface area contributed by atoms with E-state index in [1.807, 2.05) is 38.1 Å². The molecule has 0 aliphatic rings. The highest BCUT2D eigenvalue weighted by atomic mass is 79.9. The molecule has 2 aromatic rings. The van der Waals surface area contributed by atoms with E-state index in [9.17, 15) is 5.11 Å². The summed E-state index contributed by atoms with van der Waals surface area (Å²) in [6.45, 7) is 5.76. The molecular weight excluding hydrogens is 294 g/mol. The normalized spacial score (nSPS) is 13.0. The Morgan fingerprint density at radius 3 is 2.50 bits per heavy atom. The summed E-state index contributed by atoms with van der Waals surface area (Å²) >= 11 is 3.42. The molecule has 96 valence electrons. The number of nitrogens with zero attached hydrogens (tertiary/aromatic N) is 1. The van der Waals surface area contributed by atoms with E-state index in [4.69, 9.17) is 4.42 Å². The van der Waals surface area contributed by atoms with Gasteiger partial charge in [-0.3, -0.25) is 0 Å². The minimum absolute atomic E-state index is 0.222. The molecule has 0 aliphatic heterocycles. The van der Waals surface area contributed by atoms with Crippen LogP contribution in [0, 0.1) is 0 Å². The van der Waals surface area contributed by atoms with E-state index in [2.05, 4.69) is 20.9 Å². The van der Waals surface area contributed by atoms with Gasteiger partial charge in [0.15, 0.2) is 5.76 Å². The minimum Gasteiger partial charge on any atom is -0.438 e. The first-order chi connectivity index (χ1) is 8.49.